The van der Waals surface area contributed by atoms with Crippen LogP contribution in [0.4, 0.5) is 0 Å². The zero-order valence-electron chi connectivity index (χ0n) is 12.1. The van der Waals surface area contributed by atoms with Crippen LogP contribution < -0.4 is 4.74 Å². The third kappa shape index (κ3) is 3.57. The van der Waals surface area contributed by atoms with Gasteiger partial charge in [-0.25, -0.2) is 0 Å². The molecule has 0 amide bonds. The highest BCUT2D eigenvalue weighted by Crippen LogP contribution is 2.31. The van der Waals surface area contributed by atoms with E-state index in [1.54, 1.807) is 13.2 Å². The Morgan fingerprint density at radius 3 is 2.58 bits per heavy atom. The lowest BCUT2D eigenvalue weighted by Gasteiger charge is -2.37. The summed E-state index contributed by atoms with van der Waals surface area (Å²) in [6, 6.07) is 5.62. The summed E-state index contributed by atoms with van der Waals surface area (Å²) in [7, 11) is 1.68. The molecule has 1 saturated heterocycles. The van der Waals surface area contributed by atoms with E-state index in [4.69, 9.17) is 4.74 Å². The second-order valence-corrected chi connectivity index (χ2v) is 6.13. The van der Waals surface area contributed by atoms with Crippen molar-refractivity contribution >= 4 is 6.29 Å². The summed E-state index contributed by atoms with van der Waals surface area (Å²) in [4.78, 5) is 13.3. The molecule has 0 radical (unpaired) electrons. The first-order valence-corrected chi connectivity index (χ1v) is 6.88. The van der Waals surface area contributed by atoms with Crippen LogP contribution in [-0.2, 0) is 6.54 Å². The predicted octanol–water partition coefficient (Wildman–Crippen LogP) is 3.13. The van der Waals surface area contributed by atoms with Crippen molar-refractivity contribution < 1.29 is 9.53 Å². The molecule has 0 N–H and O–H groups in total. The number of carbonyl (C=O) groups is 1. The molecule has 0 saturated carbocycles. The Kier molecular flexibility index (Phi) is 4.25. The molecule has 3 nitrogen and oxygen atoms in total. The highest BCUT2D eigenvalue weighted by molar-refractivity contribution is 5.75. The van der Waals surface area contributed by atoms with Crippen LogP contribution in [0.25, 0.3) is 0 Å². The van der Waals surface area contributed by atoms with Gasteiger partial charge >= 0.3 is 0 Å². The van der Waals surface area contributed by atoms with E-state index >= 15 is 0 Å². The van der Waals surface area contributed by atoms with E-state index in [9.17, 15) is 4.79 Å². The number of nitrogens with zero attached hydrogens (tertiary/aromatic N) is 1. The van der Waals surface area contributed by atoms with E-state index in [1.165, 1.54) is 12.8 Å². The van der Waals surface area contributed by atoms with Gasteiger partial charge in [0.2, 0.25) is 0 Å². The van der Waals surface area contributed by atoms with E-state index in [-0.39, 0.29) is 0 Å². The molecule has 1 heterocycles. The van der Waals surface area contributed by atoms with Crippen LogP contribution in [0.1, 0.15) is 42.6 Å². The van der Waals surface area contributed by atoms with Gasteiger partial charge in [0.15, 0.2) is 0 Å². The van der Waals surface area contributed by atoms with Gasteiger partial charge in [-0.15, -0.1) is 0 Å². The molecule has 1 aliphatic heterocycles. The lowest BCUT2D eigenvalue weighted by Crippen LogP contribution is -2.36. The molecule has 0 aromatic heterocycles. The van der Waals surface area contributed by atoms with Crippen LogP contribution in [0.15, 0.2) is 18.2 Å². The van der Waals surface area contributed by atoms with Gasteiger partial charge in [-0.05, 0) is 49.5 Å². The number of rotatable bonds is 4. The van der Waals surface area contributed by atoms with Crippen molar-refractivity contribution in [1.29, 1.82) is 0 Å². The maximum absolute atomic E-state index is 10.9. The number of aldehydes is 1. The average molecular weight is 261 g/mol. The third-order valence-electron chi connectivity index (χ3n) is 4.04. The van der Waals surface area contributed by atoms with Gasteiger partial charge < -0.3 is 4.74 Å². The molecule has 2 rings (SSSR count). The SMILES string of the molecule is COc1ccc(C=O)cc1CN1CCC(C)(C)CC1. The molecule has 104 valence electrons. The molecule has 1 aliphatic rings. The van der Waals surface area contributed by atoms with Crippen molar-refractivity contribution in [2.45, 2.75) is 33.2 Å². The summed E-state index contributed by atoms with van der Waals surface area (Å²) in [5.41, 5.74) is 2.28. The van der Waals surface area contributed by atoms with Crippen molar-refractivity contribution in [3.63, 3.8) is 0 Å². The molecule has 19 heavy (non-hydrogen) atoms. The Morgan fingerprint density at radius 1 is 1.32 bits per heavy atom. The summed E-state index contributed by atoms with van der Waals surface area (Å²) in [6.45, 7) is 7.75. The number of methoxy groups -OCH3 is 1. The average Bonchev–Trinajstić information content (AvgIpc) is 2.41. The first-order chi connectivity index (χ1) is 9.04. The van der Waals surface area contributed by atoms with E-state index in [1.807, 2.05) is 12.1 Å². The smallest absolute Gasteiger partial charge is 0.150 e. The standard InChI is InChI=1S/C16H23NO2/c1-16(2)6-8-17(9-7-16)11-14-10-13(12-18)4-5-15(14)19-3/h4-5,10,12H,6-9,11H2,1-3H3. The van der Waals surface area contributed by atoms with Crippen LogP contribution >= 0.6 is 0 Å². The second-order valence-electron chi connectivity index (χ2n) is 6.13. The second kappa shape index (κ2) is 5.74. The predicted molar refractivity (Wildman–Crippen MR) is 76.7 cm³/mol. The van der Waals surface area contributed by atoms with Crippen molar-refractivity contribution in [3.8, 4) is 5.75 Å². The Bertz CT molecular complexity index is 444. The maximum atomic E-state index is 10.9. The molecular weight excluding hydrogens is 238 g/mol. The molecule has 0 bridgehead atoms. The van der Waals surface area contributed by atoms with Gasteiger partial charge in [-0.1, -0.05) is 13.8 Å². The summed E-state index contributed by atoms with van der Waals surface area (Å²) < 4.78 is 5.38. The normalized spacial score (nSPS) is 19.1. The molecule has 0 unspecified atom stereocenters. The minimum atomic E-state index is 0.464. The van der Waals surface area contributed by atoms with Gasteiger partial charge in [-0.2, -0.15) is 0 Å². The van der Waals surface area contributed by atoms with E-state index in [2.05, 4.69) is 18.7 Å². The van der Waals surface area contributed by atoms with Crippen molar-refractivity contribution in [3.05, 3.63) is 29.3 Å². The van der Waals surface area contributed by atoms with Gasteiger partial charge in [0.05, 0.1) is 7.11 Å². The van der Waals surface area contributed by atoms with Gasteiger partial charge in [0.1, 0.15) is 12.0 Å². The third-order valence-corrected chi connectivity index (χ3v) is 4.04. The van der Waals surface area contributed by atoms with Gasteiger partial charge in [0.25, 0.3) is 0 Å². The topological polar surface area (TPSA) is 29.5 Å². The molecule has 0 spiro atoms. The number of benzene rings is 1. The Labute approximate surface area is 115 Å². The summed E-state index contributed by atoms with van der Waals surface area (Å²) in [5, 5.41) is 0. The first-order valence-electron chi connectivity index (χ1n) is 6.88. The molecule has 1 fully saturated rings. The van der Waals surface area contributed by atoms with E-state index in [0.29, 0.717) is 11.0 Å². The molecule has 1 aromatic rings. The molecular formula is C16H23NO2. The first kappa shape index (κ1) is 14.1. The number of ether oxygens (including phenoxy) is 1. The number of likely N-dealkylation sites (tertiary alicyclic amines) is 1. The van der Waals surface area contributed by atoms with Crippen LogP contribution in [0.2, 0.25) is 0 Å². The largest absolute Gasteiger partial charge is 0.496 e. The monoisotopic (exact) mass is 261 g/mol. The lowest BCUT2D eigenvalue weighted by atomic mass is 9.82. The fraction of sp³-hybridized carbons (Fsp3) is 0.562. The fourth-order valence-corrected chi connectivity index (χ4v) is 2.55. The number of piperidine rings is 1. The number of carbonyl (C=O) groups excluding carboxylic acids is 1. The number of hydrogen-bond acceptors (Lipinski definition) is 3. The van der Waals surface area contributed by atoms with Crippen LogP contribution in [0, 0.1) is 5.41 Å². The van der Waals surface area contributed by atoms with E-state index in [0.717, 1.165) is 37.2 Å². The maximum Gasteiger partial charge on any atom is 0.150 e. The minimum Gasteiger partial charge on any atom is -0.496 e. The molecule has 0 aliphatic carbocycles. The van der Waals surface area contributed by atoms with E-state index < -0.39 is 0 Å². The summed E-state index contributed by atoms with van der Waals surface area (Å²) in [5.74, 6) is 0.871. The summed E-state index contributed by atoms with van der Waals surface area (Å²) >= 11 is 0. The Hall–Kier alpha value is -1.35. The molecule has 1 aromatic carbocycles. The quantitative estimate of drug-likeness (QED) is 0.780. The molecule has 3 heteroatoms. The Morgan fingerprint density at radius 2 is 2.00 bits per heavy atom. The Balaban J connectivity index is 2.08. The summed E-state index contributed by atoms with van der Waals surface area (Å²) in [6.07, 6.45) is 3.34. The lowest BCUT2D eigenvalue weighted by molar-refractivity contribution is 0.112. The van der Waals surface area contributed by atoms with Crippen molar-refractivity contribution in [2.24, 2.45) is 5.41 Å². The fourth-order valence-electron chi connectivity index (χ4n) is 2.55. The van der Waals surface area contributed by atoms with Crippen LogP contribution in [0.5, 0.6) is 5.75 Å². The highest BCUT2D eigenvalue weighted by Gasteiger charge is 2.25. The molecule has 0 atom stereocenters. The zero-order chi connectivity index (χ0) is 13.9. The zero-order valence-corrected chi connectivity index (χ0v) is 12.1. The van der Waals surface area contributed by atoms with Crippen molar-refractivity contribution in [1.82, 2.24) is 4.90 Å². The number of hydrogen-bond donors (Lipinski definition) is 0. The van der Waals surface area contributed by atoms with Crippen molar-refractivity contribution in [2.75, 3.05) is 20.2 Å². The van der Waals surface area contributed by atoms with Gasteiger partial charge in [-0.3, -0.25) is 9.69 Å². The van der Waals surface area contributed by atoms with Crippen LogP contribution in [-0.4, -0.2) is 31.4 Å². The highest BCUT2D eigenvalue weighted by atomic mass is 16.5. The van der Waals surface area contributed by atoms with Crippen LogP contribution in [0.3, 0.4) is 0 Å². The van der Waals surface area contributed by atoms with Gasteiger partial charge in [0, 0.05) is 17.7 Å². The minimum absolute atomic E-state index is 0.464.